The number of rotatable bonds is 4. The first-order valence-electron chi connectivity index (χ1n) is 5.03. The number of amides is 1. The van der Waals surface area contributed by atoms with Crippen LogP contribution >= 0.6 is 34.4 Å². The second-order valence-corrected chi connectivity index (χ2v) is 6.90. The van der Waals surface area contributed by atoms with Gasteiger partial charge in [-0.15, -0.1) is 21.5 Å². The normalized spacial score (nSPS) is 12.3. The number of nitrogens with zero attached hydrogens (tertiary/aromatic N) is 3. The van der Waals surface area contributed by atoms with E-state index in [0.29, 0.717) is 14.6 Å². The molecule has 2 aromatic rings. The van der Waals surface area contributed by atoms with Gasteiger partial charge in [-0.05, 0) is 13.8 Å². The van der Waals surface area contributed by atoms with Crippen molar-refractivity contribution in [1.29, 1.82) is 0 Å². The second kappa shape index (κ2) is 5.63. The molecule has 0 radical (unpaired) electrons. The molecule has 1 unspecified atom stereocenters. The fraction of sp³-hybridized carbons (Fsp3) is 0.333. The number of hydrogen-bond acceptors (Lipinski definition) is 8. The molecule has 0 aliphatic heterocycles. The summed E-state index contributed by atoms with van der Waals surface area (Å²) in [6.45, 7) is 3.69. The zero-order valence-electron chi connectivity index (χ0n) is 9.71. The zero-order valence-corrected chi connectivity index (χ0v) is 12.2. The number of thiazole rings is 1. The van der Waals surface area contributed by atoms with Crippen molar-refractivity contribution in [2.45, 2.75) is 23.4 Å². The highest BCUT2D eigenvalue weighted by molar-refractivity contribution is 8.02. The van der Waals surface area contributed by atoms with Crippen LogP contribution in [0.3, 0.4) is 0 Å². The molecule has 0 aliphatic rings. The third-order valence-electron chi connectivity index (χ3n) is 1.92. The molecule has 1 atom stereocenters. The summed E-state index contributed by atoms with van der Waals surface area (Å²) in [5.74, 6) is -0.108. The topological polar surface area (TPSA) is 93.8 Å². The van der Waals surface area contributed by atoms with Crippen LogP contribution in [0.1, 0.15) is 12.6 Å². The monoisotopic (exact) mass is 301 g/mol. The van der Waals surface area contributed by atoms with E-state index in [1.54, 1.807) is 6.92 Å². The minimum Gasteiger partial charge on any atom is -0.374 e. The maximum Gasteiger partial charge on any atom is 0.239 e. The number of anilines is 2. The Labute approximate surface area is 116 Å². The lowest BCUT2D eigenvalue weighted by Gasteiger charge is -2.07. The quantitative estimate of drug-likeness (QED) is 0.839. The first-order valence-corrected chi connectivity index (χ1v) is 7.61. The van der Waals surface area contributed by atoms with Gasteiger partial charge in [0.05, 0.1) is 10.9 Å². The highest BCUT2D eigenvalue weighted by Crippen LogP contribution is 2.28. The van der Waals surface area contributed by atoms with Crippen molar-refractivity contribution in [1.82, 2.24) is 15.2 Å². The Morgan fingerprint density at radius 3 is 2.89 bits per heavy atom. The summed E-state index contributed by atoms with van der Waals surface area (Å²) in [7, 11) is 0. The van der Waals surface area contributed by atoms with Gasteiger partial charge in [-0.3, -0.25) is 4.79 Å². The molecule has 9 heteroatoms. The maximum atomic E-state index is 11.9. The molecular formula is C9H11N5OS3. The Kier molecular flexibility index (Phi) is 4.15. The van der Waals surface area contributed by atoms with E-state index in [9.17, 15) is 4.79 Å². The molecule has 6 nitrogen and oxygen atoms in total. The third kappa shape index (κ3) is 3.40. The molecule has 18 heavy (non-hydrogen) atoms. The highest BCUT2D eigenvalue weighted by atomic mass is 32.2. The van der Waals surface area contributed by atoms with Gasteiger partial charge in [0.15, 0.2) is 9.47 Å². The standard InChI is InChI=1S/C9H11N5OS3/c1-4-3-16-8(11-4)12-6(15)5(2)17-9-14-13-7(10)18-9/h3,5H,1-2H3,(H2,10,13)(H,11,12,15). The summed E-state index contributed by atoms with van der Waals surface area (Å²) < 4.78 is 0.686. The van der Waals surface area contributed by atoms with Gasteiger partial charge < -0.3 is 11.1 Å². The van der Waals surface area contributed by atoms with Crippen LogP contribution in [0.5, 0.6) is 0 Å². The predicted molar refractivity (Wildman–Crippen MR) is 75.1 cm³/mol. The van der Waals surface area contributed by atoms with Crippen molar-refractivity contribution < 1.29 is 4.79 Å². The largest absolute Gasteiger partial charge is 0.374 e. The van der Waals surface area contributed by atoms with E-state index in [1.165, 1.54) is 34.4 Å². The third-order valence-corrected chi connectivity index (χ3v) is 4.73. The lowest BCUT2D eigenvalue weighted by Crippen LogP contribution is -2.22. The first kappa shape index (κ1) is 13.2. The van der Waals surface area contributed by atoms with E-state index < -0.39 is 0 Å². The van der Waals surface area contributed by atoms with E-state index in [2.05, 4.69) is 20.5 Å². The van der Waals surface area contributed by atoms with E-state index >= 15 is 0 Å². The van der Waals surface area contributed by atoms with Crippen molar-refractivity contribution in [2.75, 3.05) is 11.1 Å². The predicted octanol–water partition coefficient (Wildman–Crippen LogP) is 2.00. The SMILES string of the molecule is Cc1csc(NC(=O)C(C)Sc2nnc(N)s2)n1. The maximum absolute atomic E-state index is 11.9. The van der Waals surface area contributed by atoms with Crippen LogP contribution in [0.2, 0.25) is 0 Å². The Hall–Kier alpha value is -1.19. The van der Waals surface area contributed by atoms with Gasteiger partial charge in [0.1, 0.15) is 0 Å². The van der Waals surface area contributed by atoms with Crippen LogP contribution in [0.4, 0.5) is 10.3 Å². The van der Waals surface area contributed by atoms with Crippen molar-refractivity contribution in [3.8, 4) is 0 Å². The highest BCUT2D eigenvalue weighted by Gasteiger charge is 2.17. The van der Waals surface area contributed by atoms with Gasteiger partial charge >= 0.3 is 0 Å². The van der Waals surface area contributed by atoms with E-state index in [4.69, 9.17) is 5.73 Å². The summed E-state index contributed by atoms with van der Waals surface area (Å²) in [5.41, 5.74) is 6.38. The van der Waals surface area contributed by atoms with Gasteiger partial charge in [0.25, 0.3) is 0 Å². The number of thioether (sulfide) groups is 1. The summed E-state index contributed by atoms with van der Waals surface area (Å²) in [6, 6.07) is 0. The van der Waals surface area contributed by atoms with Gasteiger partial charge in [0, 0.05) is 5.38 Å². The molecule has 0 saturated heterocycles. The van der Waals surface area contributed by atoms with Crippen molar-refractivity contribution in [3.05, 3.63) is 11.1 Å². The number of nitrogens with one attached hydrogen (secondary N) is 1. The summed E-state index contributed by atoms with van der Waals surface area (Å²) in [4.78, 5) is 16.1. The van der Waals surface area contributed by atoms with Gasteiger partial charge in [-0.25, -0.2) is 4.98 Å². The number of hydrogen-bond donors (Lipinski definition) is 2. The number of aromatic nitrogens is 3. The van der Waals surface area contributed by atoms with E-state index in [-0.39, 0.29) is 11.2 Å². The fourth-order valence-corrected chi connectivity index (χ4v) is 3.56. The van der Waals surface area contributed by atoms with Crippen LogP contribution in [0.25, 0.3) is 0 Å². The van der Waals surface area contributed by atoms with Gasteiger partial charge in [-0.1, -0.05) is 23.1 Å². The molecule has 0 aromatic carbocycles. The number of carbonyl (C=O) groups excluding carboxylic acids is 1. The first-order chi connectivity index (χ1) is 8.54. The van der Waals surface area contributed by atoms with Crippen LogP contribution in [-0.4, -0.2) is 26.3 Å². The van der Waals surface area contributed by atoms with Crippen LogP contribution in [-0.2, 0) is 4.79 Å². The smallest absolute Gasteiger partial charge is 0.239 e. The minimum absolute atomic E-state index is 0.108. The van der Waals surface area contributed by atoms with Crippen molar-refractivity contribution in [2.24, 2.45) is 0 Å². The summed E-state index contributed by atoms with van der Waals surface area (Å²) in [6.07, 6.45) is 0. The number of nitrogen functional groups attached to an aromatic ring is 1. The molecule has 0 bridgehead atoms. The molecular weight excluding hydrogens is 290 g/mol. The molecule has 1 amide bonds. The van der Waals surface area contributed by atoms with Crippen molar-refractivity contribution in [3.63, 3.8) is 0 Å². The fourth-order valence-electron chi connectivity index (χ4n) is 1.09. The summed E-state index contributed by atoms with van der Waals surface area (Å²) >= 11 is 4.01. The van der Waals surface area contributed by atoms with E-state index in [1.807, 2.05) is 12.3 Å². The molecule has 0 aliphatic carbocycles. The molecule has 0 saturated carbocycles. The Bertz CT molecular complexity index is 552. The molecule has 2 rings (SSSR count). The van der Waals surface area contributed by atoms with Crippen molar-refractivity contribution >= 4 is 50.6 Å². The second-order valence-electron chi connectivity index (χ2n) is 3.45. The zero-order chi connectivity index (χ0) is 13.1. The van der Waals surface area contributed by atoms with Gasteiger partial charge in [-0.2, -0.15) is 0 Å². The number of aryl methyl sites for hydroxylation is 1. The summed E-state index contributed by atoms with van der Waals surface area (Å²) in [5, 5.41) is 13.0. The van der Waals surface area contributed by atoms with E-state index in [0.717, 1.165) is 5.69 Å². The Morgan fingerprint density at radius 1 is 1.56 bits per heavy atom. The van der Waals surface area contributed by atoms with Crippen LogP contribution < -0.4 is 11.1 Å². The number of carbonyl (C=O) groups is 1. The molecule has 3 N–H and O–H groups in total. The molecule has 2 heterocycles. The van der Waals surface area contributed by atoms with Crippen LogP contribution in [0, 0.1) is 6.92 Å². The Balaban J connectivity index is 1.92. The van der Waals surface area contributed by atoms with Gasteiger partial charge in [0.2, 0.25) is 11.0 Å². The minimum atomic E-state index is -0.276. The lowest BCUT2D eigenvalue weighted by molar-refractivity contribution is -0.115. The van der Waals surface area contributed by atoms with Crippen LogP contribution in [0.15, 0.2) is 9.72 Å². The molecule has 2 aromatic heterocycles. The molecule has 0 fully saturated rings. The Morgan fingerprint density at radius 2 is 2.33 bits per heavy atom. The lowest BCUT2D eigenvalue weighted by atomic mass is 10.4. The average molecular weight is 301 g/mol. The average Bonchev–Trinajstić information content (AvgIpc) is 2.88. The number of nitrogens with two attached hydrogens (primary N) is 1. The molecule has 96 valence electrons. The molecule has 0 spiro atoms.